The Balaban J connectivity index is 1.57. The fourth-order valence-corrected chi connectivity index (χ4v) is 4.65. The van der Waals surface area contributed by atoms with Crippen molar-refractivity contribution in [3.63, 3.8) is 0 Å². The van der Waals surface area contributed by atoms with E-state index in [-0.39, 0.29) is 0 Å². The molecule has 2 N–H and O–H groups in total. The Morgan fingerprint density at radius 3 is 2.50 bits per heavy atom. The van der Waals surface area contributed by atoms with Crippen LogP contribution >= 0.6 is 12.2 Å². The summed E-state index contributed by atoms with van der Waals surface area (Å²) >= 11 is 5.57. The van der Waals surface area contributed by atoms with E-state index in [4.69, 9.17) is 12.2 Å². The predicted molar refractivity (Wildman–Crippen MR) is 107 cm³/mol. The van der Waals surface area contributed by atoms with Gasteiger partial charge in [0.1, 0.15) is 0 Å². The van der Waals surface area contributed by atoms with E-state index >= 15 is 0 Å². The highest BCUT2D eigenvalue weighted by Gasteiger charge is 2.38. The first kappa shape index (κ1) is 17.7. The normalized spacial score (nSPS) is 27.1. The number of piperidine rings is 2. The zero-order valence-corrected chi connectivity index (χ0v) is 16.0. The minimum Gasteiger partial charge on any atom is -0.360 e. The number of para-hydroxylation sites is 1. The van der Waals surface area contributed by atoms with Crippen LogP contribution in [0.5, 0.6) is 0 Å². The quantitative estimate of drug-likeness (QED) is 0.795. The van der Waals surface area contributed by atoms with Crippen LogP contribution in [0.1, 0.15) is 51.5 Å². The highest BCUT2D eigenvalue weighted by atomic mass is 32.1. The summed E-state index contributed by atoms with van der Waals surface area (Å²) < 4.78 is 0. The molecule has 1 aromatic carbocycles. The molecule has 2 aliphatic rings. The molecule has 2 atom stereocenters. The zero-order valence-electron chi connectivity index (χ0n) is 15.2. The van der Waals surface area contributed by atoms with Gasteiger partial charge in [-0.15, -0.1) is 0 Å². The number of anilines is 1. The number of hydrogen-bond acceptors (Lipinski definition) is 2. The molecule has 4 heteroatoms. The maximum atomic E-state index is 5.57. The van der Waals surface area contributed by atoms with Gasteiger partial charge in [0.05, 0.1) is 0 Å². The summed E-state index contributed by atoms with van der Waals surface area (Å²) in [6.07, 6.45) is 6.53. The Morgan fingerprint density at radius 1 is 1.21 bits per heavy atom. The lowest BCUT2D eigenvalue weighted by atomic mass is 9.81. The number of nitrogens with one attached hydrogen (secondary N) is 2. The van der Waals surface area contributed by atoms with Crippen LogP contribution in [0.3, 0.4) is 0 Å². The third-order valence-electron chi connectivity index (χ3n) is 5.43. The van der Waals surface area contributed by atoms with Gasteiger partial charge in [-0.1, -0.05) is 38.5 Å². The van der Waals surface area contributed by atoms with Crippen LogP contribution in [0.15, 0.2) is 24.3 Å². The molecule has 0 aromatic heterocycles. The number of benzene rings is 1. The summed E-state index contributed by atoms with van der Waals surface area (Å²) in [6.45, 7) is 8.02. The van der Waals surface area contributed by atoms with Crippen molar-refractivity contribution < 1.29 is 0 Å². The average molecular weight is 346 g/mol. The lowest BCUT2D eigenvalue weighted by Gasteiger charge is -2.49. The van der Waals surface area contributed by atoms with E-state index < -0.39 is 0 Å². The van der Waals surface area contributed by atoms with Crippen molar-refractivity contribution >= 4 is 23.0 Å². The van der Waals surface area contributed by atoms with Crippen LogP contribution in [-0.2, 0) is 0 Å². The molecule has 2 aliphatic heterocycles. The topological polar surface area (TPSA) is 27.3 Å². The van der Waals surface area contributed by atoms with Gasteiger partial charge >= 0.3 is 0 Å². The molecule has 2 fully saturated rings. The third-order valence-corrected chi connectivity index (χ3v) is 5.65. The number of nitrogens with zero attached hydrogens (tertiary/aromatic N) is 1. The lowest BCUT2D eigenvalue weighted by molar-refractivity contribution is 0.0191. The Labute approximate surface area is 152 Å². The summed E-state index contributed by atoms with van der Waals surface area (Å²) in [5.74, 6) is 0.751. The number of aryl methyl sites for hydroxylation is 1. The van der Waals surface area contributed by atoms with E-state index in [0.717, 1.165) is 28.8 Å². The van der Waals surface area contributed by atoms with E-state index in [9.17, 15) is 0 Å². The summed E-state index contributed by atoms with van der Waals surface area (Å²) in [7, 11) is 0. The van der Waals surface area contributed by atoms with Crippen LogP contribution in [0, 0.1) is 12.8 Å². The lowest BCUT2D eigenvalue weighted by Crippen LogP contribution is -2.58. The van der Waals surface area contributed by atoms with Crippen molar-refractivity contribution in [2.45, 2.75) is 71.0 Å². The van der Waals surface area contributed by atoms with E-state index in [1.807, 2.05) is 6.07 Å². The molecular formula is C20H31N3S. The molecule has 3 rings (SSSR count). The van der Waals surface area contributed by atoms with Crippen molar-refractivity contribution in [1.82, 2.24) is 10.2 Å². The van der Waals surface area contributed by atoms with Crippen LogP contribution in [0.4, 0.5) is 5.69 Å². The maximum absolute atomic E-state index is 5.57. The minimum atomic E-state index is 0.507. The smallest absolute Gasteiger partial charge is 0.171 e. The standard InChI is InChI=1S/C20H31N3S/c1-14(2)13-23-17-8-6-9-18(23)12-16(11-17)21-20(24)22-19-10-5-4-7-15(19)3/h4-5,7,10,14,16-18H,6,8-9,11-13H2,1-3H3,(H2,21,22,24)/t17-,18-/m1/s1. The Hall–Kier alpha value is -1.13. The largest absolute Gasteiger partial charge is 0.360 e. The molecule has 0 unspecified atom stereocenters. The van der Waals surface area contributed by atoms with Gasteiger partial charge in [-0.25, -0.2) is 0 Å². The maximum Gasteiger partial charge on any atom is 0.171 e. The van der Waals surface area contributed by atoms with Gasteiger partial charge in [0.25, 0.3) is 0 Å². The Morgan fingerprint density at radius 2 is 1.88 bits per heavy atom. The van der Waals surface area contributed by atoms with E-state index in [1.165, 1.54) is 44.2 Å². The van der Waals surface area contributed by atoms with Crippen molar-refractivity contribution in [3.05, 3.63) is 29.8 Å². The predicted octanol–water partition coefficient (Wildman–Crippen LogP) is 4.32. The molecule has 3 nitrogen and oxygen atoms in total. The first-order chi connectivity index (χ1) is 11.5. The molecular weight excluding hydrogens is 314 g/mol. The molecule has 1 aromatic rings. The fraction of sp³-hybridized carbons (Fsp3) is 0.650. The minimum absolute atomic E-state index is 0.507. The van der Waals surface area contributed by atoms with Crippen LogP contribution in [-0.4, -0.2) is 34.7 Å². The monoisotopic (exact) mass is 345 g/mol. The van der Waals surface area contributed by atoms with Crippen molar-refractivity contribution in [3.8, 4) is 0 Å². The molecule has 0 spiro atoms. The summed E-state index contributed by atoms with van der Waals surface area (Å²) in [4.78, 5) is 2.78. The van der Waals surface area contributed by atoms with E-state index in [2.05, 4.69) is 54.5 Å². The molecule has 2 heterocycles. The first-order valence-electron chi connectivity index (χ1n) is 9.42. The van der Waals surface area contributed by atoms with Crippen molar-refractivity contribution in [1.29, 1.82) is 0 Å². The van der Waals surface area contributed by atoms with Crippen molar-refractivity contribution in [2.75, 3.05) is 11.9 Å². The molecule has 0 amide bonds. The van der Waals surface area contributed by atoms with Crippen LogP contribution < -0.4 is 10.6 Å². The number of hydrogen-bond donors (Lipinski definition) is 2. The second-order valence-electron chi connectivity index (χ2n) is 7.91. The summed E-state index contributed by atoms with van der Waals surface area (Å²) in [6, 6.07) is 10.3. The molecule has 0 saturated carbocycles. The summed E-state index contributed by atoms with van der Waals surface area (Å²) in [5.41, 5.74) is 2.33. The molecule has 2 bridgehead atoms. The second-order valence-corrected chi connectivity index (χ2v) is 8.32. The van der Waals surface area contributed by atoms with Gasteiger partial charge in [-0.05, 0) is 62.4 Å². The van der Waals surface area contributed by atoms with Gasteiger partial charge < -0.3 is 10.6 Å². The second kappa shape index (κ2) is 7.83. The molecule has 24 heavy (non-hydrogen) atoms. The highest BCUT2D eigenvalue weighted by Crippen LogP contribution is 2.34. The Kier molecular flexibility index (Phi) is 5.77. The first-order valence-corrected chi connectivity index (χ1v) is 9.82. The average Bonchev–Trinajstić information content (AvgIpc) is 2.50. The zero-order chi connectivity index (χ0) is 17.1. The fourth-order valence-electron chi connectivity index (χ4n) is 4.37. The van der Waals surface area contributed by atoms with E-state index in [1.54, 1.807) is 0 Å². The van der Waals surface area contributed by atoms with Crippen LogP contribution in [0.25, 0.3) is 0 Å². The number of fused-ring (bicyclic) bond motifs is 2. The highest BCUT2D eigenvalue weighted by molar-refractivity contribution is 7.80. The molecule has 0 radical (unpaired) electrons. The third kappa shape index (κ3) is 4.28. The molecule has 132 valence electrons. The Bertz CT molecular complexity index is 558. The van der Waals surface area contributed by atoms with Crippen molar-refractivity contribution in [2.24, 2.45) is 5.92 Å². The number of rotatable bonds is 4. The van der Waals surface area contributed by atoms with Gasteiger partial charge in [0.2, 0.25) is 0 Å². The van der Waals surface area contributed by atoms with Gasteiger partial charge in [0.15, 0.2) is 5.11 Å². The van der Waals surface area contributed by atoms with Gasteiger partial charge in [-0.3, -0.25) is 4.90 Å². The number of thiocarbonyl (C=S) groups is 1. The SMILES string of the molecule is Cc1ccccc1NC(=S)NC1C[C@H]2CCC[C@H](C1)N2CC(C)C. The van der Waals surface area contributed by atoms with Crippen LogP contribution in [0.2, 0.25) is 0 Å². The van der Waals surface area contributed by atoms with Gasteiger partial charge in [0, 0.05) is 30.4 Å². The van der Waals surface area contributed by atoms with E-state index in [0.29, 0.717) is 6.04 Å². The van der Waals surface area contributed by atoms with Gasteiger partial charge in [-0.2, -0.15) is 0 Å². The molecule has 0 aliphatic carbocycles. The summed E-state index contributed by atoms with van der Waals surface area (Å²) in [5, 5.41) is 7.73. The molecule has 2 saturated heterocycles.